The molecule has 0 aromatic heterocycles. The molecule has 0 aromatic carbocycles. The third kappa shape index (κ3) is 3.83. The van der Waals surface area contributed by atoms with Crippen molar-refractivity contribution in [2.45, 2.75) is 104 Å². The zero-order valence-corrected chi connectivity index (χ0v) is 21.5. The fraction of sp³-hybridized carbons (Fsp3) is 0.679. The quantitative estimate of drug-likeness (QED) is 0.484. The van der Waals surface area contributed by atoms with Gasteiger partial charge in [0.25, 0.3) is 0 Å². The molecule has 4 rings (SSSR count). The normalized spacial score (nSPS) is 37.2. The van der Waals surface area contributed by atoms with Gasteiger partial charge in [-0.25, -0.2) is 0 Å². The fourth-order valence-electron chi connectivity index (χ4n) is 6.56. The Morgan fingerprint density at radius 2 is 1.91 bits per heavy atom. The van der Waals surface area contributed by atoms with Crippen LogP contribution < -0.4 is 0 Å². The molecule has 6 nitrogen and oxygen atoms in total. The van der Waals surface area contributed by atoms with Crippen molar-refractivity contribution in [2.24, 2.45) is 17.3 Å². The molecule has 2 heterocycles. The number of hydrogen-bond donors (Lipinski definition) is 1. The van der Waals surface area contributed by atoms with Gasteiger partial charge in [-0.3, -0.25) is 14.4 Å². The molecule has 4 aliphatic rings. The van der Waals surface area contributed by atoms with Gasteiger partial charge >= 0.3 is 0 Å². The number of allylic oxidation sites excluding steroid dienone is 5. The van der Waals surface area contributed by atoms with Crippen molar-refractivity contribution in [1.82, 2.24) is 0 Å². The van der Waals surface area contributed by atoms with Crippen LogP contribution in [0.15, 0.2) is 34.6 Å². The van der Waals surface area contributed by atoms with Gasteiger partial charge in [0.05, 0.1) is 17.8 Å². The zero-order valence-electron chi connectivity index (χ0n) is 21.5. The van der Waals surface area contributed by atoms with Crippen molar-refractivity contribution in [2.75, 3.05) is 0 Å². The Bertz CT molecular complexity index is 1020. The molecule has 0 amide bonds. The lowest BCUT2D eigenvalue weighted by atomic mass is 9.53. The first kappa shape index (κ1) is 25.1. The third-order valence-electron chi connectivity index (χ3n) is 8.98. The number of ether oxygens (including phenoxy) is 2. The summed E-state index contributed by atoms with van der Waals surface area (Å²) in [5.74, 6) is -1.29. The molecule has 0 spiro atoms. The van der Waals surface area contributed by atoms with Gasteiger partial charge in [-0.05, 0) is 78.4 Å². The van der Waals surface area contributed by atoms with Gasteiger partial charge in [-0.15, -0.1) is 0 Å². The lowest BCUT2D eigenvalue weighted by Gasteiger charge is -2.60. The van der Waals surface area contributed by atoms with Gasteiger partial charge in [-0.2, -0.15) is 0 Å². The molecular weight excluding hydrogens is 432 g/mol. The Morgan fingerprint density at radius 1 is 1.24 bits per heavy atom. The van der Waals surface area contributed by atoms with E-state index in [1.165, 1.54) is 6.08 Å². The molecule has 0 bridgehead atoms. The van der Waals surface area contributed by atoms with Crippen molar-refractivity contribution in [3.8, 4) is 0 Å². The molecule has 0 radical (unpaired) electrons. The Hall–Kier alpha value is -2.05. The highest BCUT2D eigenvalue weighted by molar-refractivity contribution is 6.24. The molecule has 1 saturated heterocycles. The molecule has 6 heteroatoms. The first-order chi connectivity index (χ1) is 15.7. The highest BCUT2D eigenvalue weighted by Gasteiger charge is 2.61. The zero-order chi connectivity index (χ0) is 25.2. The second-order valence-electron chi connectivity index (χ2n) is 11.7. The molecule has 2 aliphatic carbocycles. The number of fused-ring (bicyclic) bond motifs is 3. The number of carbonyl (C=O) groups excluding carboxylic acids is 3. The number of rotatable bonds is 4. The topological polar surface area (TPSA) is 89.9 Å². The molecule has 6 unspecified atom stereocenters. The van der Waals surface area contributed by atoms with Crippen molar-refractivity contribution in [1.29, 1.82) is 0 Å². The fourth-order valence-corrected chi connectivity index (χ4v) is 6.56. The highest BCUT2D eigenvalue weighted by Crippen LogP contribution is 2.59. The van der Waals surface area contributed by atoms with E-state index in [9.17, 15) is 19.5 Å². The molecule has 34 heavy (non-hydrogen) atoms. The van der Waals surface area contributed by atoms with Crippen LogP contribution in [0, 0.1) is 17.3 Å². The van der Waals surface area contributed by atoms with Crippen LogP contribution in [0.25, 0.3) is 0 Å². The van der Waals surface area contributed by atoms with E-state index >= 15 is 0 Å². The van der Waals surface area contributed by atoms with Crippen LogP contribution in [0.2, 0.25) is 0 Å². The molecule has 2 aliphatic heterocycles. The average Bonchev–Trinajstić information content (AvgIpc) is 2.77. The number of ketones is 3. The molecule has 0 aromatic rings. The number of Topliss-reactive ketones (excluding diaryl/α,β-unsaturated/α-hetero) is 2. The summed E-state index contributed by atoms with van der Waals surface area (Å²) in [6, 6.07) is 0. The standard InChI is InChI=1S/C28H38O6/c1-8-15(2)23(30)16(3)17-13-19(29)18-14-20-27(6)11-9-21(26(4,5)32)33-22(27)10-12-28(20,7)34-25(18)24(17)31/h8,13,16,20-22,32H,9-12,14H2,1-7H3. The maximum Gasteiger partial charge on any atom is 0.224 e. The number of carbonyl (C=O) groups is 3. The largest absolute Gasteiger partial charge is 0.483 e. The monoisotopic (exact) mass is 470 g/mol. The summed E-state index contributed by atoms with van der Waals surface area (Å²) in [6.45, 7) is 13.0. The van der Waals surface area contributed by atoms with Crippen molar-refractivity contribution in [3.05, 3.63) is 34.6 Å². The first-order valence-electron chi connectivity index (χ1n) is 12.5. The Kier molecular flexibility index (Phi) is 6.09. The van der Waals surface area contributed by atoms with E-state index in [0.717, 1.165) is 19.3 Å². The van der Waals surface area contributed by atoms with E-state index in [0.29, 0.717) is 24.0 Å². The summed E-state index contributed by atoms with van der Waals surface area (Å²) < 4.78 is 12.9. The predicted octanol–water partition coefficient (Wildman–Crippen LogP) is 4.40. The summed E-state index contributed by atoms with van der Waals surface area (Å²) in [4.78, 5) is 39.4. The van der Waals surface area contributed by atoms with Crippen molar-refractivity contribution in [3.63, 3.8) is 0 Å². The second-order valence-corrected chi connectivity index (χ2v) is 11.7. The van der Waals surface area contributed by atoms with Gasteiger partial charge in [0.2, 0.25) is 5.78 Å². The van der Waals surface area contributed by atoms with Crippen LogP contribution in [0.4, 0.5) is 0 Å². The van der Waals surface area contributed by atoms with Gasteiger partial charge in [0, 0.05) is 28.4 Å². The first-order valence-corrected chi connectivity index (χ1v) is 12.5. The Labute approximate surface area is 202 Å². The lowest BCUT2D eigenvalue weighted by Crippen LogP contribution is -2.62. The number of aliphatic hydroxyl groups is 1. The van der Waals surface area contributed by atoms with Crippen LogP contribution in [-0.4, -0.2) is 45.9 Å². The molecule has 2 fully saturated rings. The van der Waals surface area contributed by atoms with E-state index in [4.69, 9.17) is 9.47 Å². The number of hydrogen-bond acceptors (Lipinski definition) is 6. The second kappa shape index (κ2) is 8.27. The van der Waals surface area contributed by atoms with E-state index in [-0.39, 0.29) is 52.2 Å². The lowest BCUT2D eigenvalue weighted by molar-refractivity contribution is -0.245. The van der Waals surface area contributed by atoms with Crippen LogP contribution in [-0.2, 0) is 23.9 Å². The molecular formula is C28H38O6. The average molecular weight is 471 g/mol. The van der Waals surface area contributed by atoms with E-state index < -0.39 is 17.1 Å². The van der Waals surface area contributed by atoms with Gasteiger partial charge < -0.3 is 14.6 Å². The summed E-state index contributed by atoms with van der Waals surface area (Å²) in [5, 5.41) is 10.5. The Balaban J connectivity index is 1.64. The minimum Gasteiger partial charge on any atom is -0.483 e. The van der Waals surface area contributed by atoms with E-state index in [1.54, 1.807) is 40.7 Å². The maximum absolute atomic E-state index is 13.5. The predicted molar refractivity (Wildman–Crippen MR) is 128 cm³/mol. The molecule has 1 N–H and O–H groups in total. The maximum atomic E-state index is 13.5. The molecule has 1 saturated carbocycles. The Morgan fingerprint density at radius 3 is 2.53 bits per heavy atom. The minimum absolute atomic E-state index is 0.0104. The smallest absolute Gasteiger partial charge is 0.224 e. The van der Waals surface area contributed by atoms with Gasteiger partial charge in [0.15, 0.2) is 17.3 Å². The van der Waals surface area contributed by atoms with Gasteiger partial charge in [-0.1, -0.05) is 19.9 Å². The van der Waals surface area contributed by atoms with Crippen LogP contribution in [0.3, 0.4) is 0 Å². The van der Waals surface area contributed by atoms with Gasteiger partial charge in [0.1, 0.15) is 5.60 Å². The summed E-state index contributed by atoms with van der Waals surface area (Å²) in [6.07, 6.45) is 6.31. The van der Waals surface area contributed by atoms with Crippen molar-refractivity contribution >= 4 is 17.3 Å². The molecule has 6 atom stereocenters. The van der Waals surface area contributed by atoms with Crippen molar-refractivity contribution < 1.29 is 29.0 Å². The molecule has 186 valence electrons. The van der Waals surface area contributed by atoms with E-state index in [1.807, 2.05) is 6.92 Å². The highest BCUT2D eigenvalue weighted by atomic mass is 16.5. The summed E-state index contributed by atoms with van der Waals surface area (Å²) >= 11 is 0. The SMILES string of the molecule is CC=C(C)C(=O)C(C)C1=CC(=O)C2=C(OC3(C)CCC4OC(C(C)(C)O)CCC4(C)C3C2)C1=O. The summed E-state index contributed by atoms with van der Waals surface area (Å²) in [5.41, 5.74) is -0.533. The van der Waals surface area contributed by atoms with Crippen LogP contribution in [0.5, 0.6) is 0 Å². The minimum atomic E-state index is -0.909. The van der Waals surface area contributed by atoms with E-state index in [2.05, 4.69) is 6.92 Å². The summed E-state index contributed by atoms with van der Waals surface area (Å²) in [7, 11) is 0. The van der Waals surface area contributed by atoms with Crippen LogP contribution in [0.1, 0.15) is 80.6 Å². The van der Waals surface area contributed by atoms with Crippen LogP contribution >= 0.6 is 0 Å². The third-order valence-corrected chi connectivity index (χ3v) is 8.98.